The molecule has 1 amide bonds. The van der Waals surface area contributed by atoms with Crippen LogP contribution in [0.15, 0.2) is 24.3 Å². The minimum Gasteiger partial charge on any atom is -0.371 e. The van der Waals surface area contributed by atoms with Gasteiger partial charge in [-0.15, -0.1) is 0 Å². The first kappa shape index (κ1) is 18.2. The maximum atomic E-state index is 12.2. The monoisotopic (exact) mass is 343 g/mol. The smallest absolute Gasteiger partial charge is 0.220 e. The molecule has 1 unspecified atom stereocenters. The van der Waals surface area contributed by atoms with E-state index in [0.29, 0.717) is 18.9 Å². The molecule has 2 aliphatic rings. The number of anilines is 1. The SMILES string of the molecule is CC1CCCN(c2ccc(CNC(=O)CC3CCN(C)CC3)cc2)C1. The lowest BCUT2D eigenvalue weighted by molar-refractivity contribution is -0.122. The number of piperidine rings is 2. The number of nitrogens with one attached hydrogen (secondary N) is 1. The van der Waals surface area contributed by atoms with E-state index in [1.54, 1.807) is 0 Å². The lowest BCUT2D eigenvalue weighted by atomic mass is 9.93. The van der Waals surface area contributed by atoms with Crippen molar-refractivity contribution >= 4 is 11.6 Å². The molecule has 0 radical (unpaired) electrons. The van der Waals surface area contributed by atoms with Crippen molar-refractivity contribution in [1.29, 1.82) is 0 Å². The molecule has 2 aliphatic heterocycles. The molecule has 2 fully saturated rings. The topological polar surface area (TPSA) is 35.6 Å². The van der Waals surface area contributed by atoms with Crippen LogP contribution in [0.3, 0.4) is 0 Å². The first-order chi connectivity index (χ1) is 12.1. The number of benzene rings is 1. The molecular weight excluding hydrogens is 310 g/mol. The number of carbonyl (C=O) groups excluding carboxylic acids is 1. The second kappa shape index (κ2) is 8.70. The van der Waals surface area contributed by atoms with Gasteiger partial charge in [-0.2, -0.15) is 0 Å². The van der Waals surface area contributed by atoms with Crippen molar-refractivity contribution in [2.45, 2.75) is 45.6 Å². The number of amides is 1. The molecule has 0 saturated carbocycles. The maximum Gasteiger partial charge on any atom is 0.220 e. The van der Waals surface area contributed by atoms with Crippen molar-refractivity contribution in [2.75, 3.05) is 38.1 Å². The number of likely N-dealkylation sites (tertiary alicyclic amines) is 1. The predicted molar refractivity (Wildman–Crippen MR) is 104 cm³/mol. The van der Waals surface area contributed by atoms with Crippen LogP contribution in [0, 0.1) is 11.8 Å². The third kappa shape index (κ3) is 5.46. The third-order valence-electron chi connectivity index (χ3n) is 5.76. The molecule has 2 saturated heterocycles. The summed E-state index contributed by atoms with van der Waals surface area (Å²) in [6.45, 7) is 7.54. The molecule has 0 spiro atoms. The van der Waals surface area contributed by atoms with Crippen molar-refractivity contribution < 1.29 is 4.79 Å². The van der Waals surface area contributed by atoms with Crippen molar-refractivity contribution in [3.8, 4) is 0 Å². The molecular formula is C21H33N3O. The molecule has 1 atom stereocenters. The van der Waals surface area contributed by atoms with E-state index in [2.05, 4.69) is 53.4 Å². The Bertz CT molecular complexity index is 549. The molecule has 4 heteroatoms. The summed E-state index contributed by atoms with van der Waals surface area (Å²) in [6.07, 6.45) is 5.60. The van der Waals surface area contributed by atoms with Crippen molar-refractivity contribution in [1.82, 2.24) is 10.2 Å². The number of carbonyl (C=O) groups is 1. The van der Waals surface area contributed by atoms with Gasteiger partial charge in [0, 0.05) is 31.7 Å². The molecule has 25 heavy (non-hydrogen) atoms. The zero-order chi connectivity index (χ0) is 17.6. The Kier molecular flexibility index (Phi) is 6.35. The fraction of sp³-hybridized carbons (Fsp3) is 0.667. The van der Waals surface area contributed by atoms with Crippen LogP contribution in [-0.2, 0) is 11.3 Å². The van der Waals surface area contributed by atoms with Gasteiger partial charge in [0.2, 0.25) is 5.91 Å². The molecule has 1 aromatic carbocycles. The Morgan fingerprint density at radius 2 is 1.84 bits per heavy atom. The Morgan fingerprint density at radius 1 is 1.12 bits per heavy atom. The summed E-state index contributed by atoms with van der Waals surface area (Å²) < 4.78 is 0. The van der Waals surface area contributed by atoms with E-state index in [4.69, 9.17) is 0 Å². The first-order valence-electron chi connectivity index (χ1n) is 9.89. The molecule has 2 heterocycles. The van der Waals surface area contributed by atoms with Gasteiger partial charge in [-0.25, -0.2) is 0 Å². The summed E-state index contributed by atoms with van der Waals surface area (Å²) in [5.41, 5.74) is 2.50. The lowest BCUT2D eigenvalue weighted by Crippen LogP contribution is -2.34. The first-order valence-corrected chi connectivity index (χ1v) is 9.89. The summed E-state index contributed by atoms with van der Waals surface area (Å²) in [7, 11) is 2.16. The third-order valence-corrected chi connectivity index (χ3v) is 5.76. The largest absolute Gasteiger partial charge is 0.371 e. The van der Waals surface area contributed by atoms with Gasteiger partial charge in [0.05, 0.1) is 0 Å². The van der Waals surface area contributed by atoms with Crippen LogP contribution in [0.1, 0.15) is 44.6 Å². The second-order valence-electron chi connectivity index (χ2n) is 8.09. The van der Waals surface area contributed by atoms with Gasteiger partial charge in [-0.05, 0) is 75.4 Å². The van der Waals surface area contributed by atoms with Crippen molar-refractivity contribution in [3.05, 3.63) is 29.8 Å². The molecule has 1 N–H and O–H groups in total. The van der Waals surface area contributed by atoms with Crippen LogP contribution in [0.4, 0.5) is 5.69 Å². The van der Waals surface area contributed by atoms with Gasteiger partial charge in [0.25, 0.3) is 0 Å². The van der Waals surface area contributed by atoms with Gasteiger partial charge >= 0.3 is 0 Å². The van der Waals surface area contributed by atoms with E-state index in [-0.39, 0.29) is 5.91 Å². The summed E-state index contributed by atoms with van der Waals surface area (Å²) >= 11 is 0. The van der Waals surface area contributed by atoms with E-state index in [9.17, 15) is 4.79 Å². The zero-order valence-corrected chi connectivity index (χ0v) is 15.8. The minimum absolute atomic E-state index is 0.198. The van der Waals surface area contributed by atoms with Gasteiger partial charge in [-0.3, -0.25) is 4.79 Å². The number of nitrogens with zero attached hydrogens (tertiary/aromatic N) is 2. The minimum atomic E-state index is 0.198. The number of rotatable bonds is 5. The van der Waals surface area contributed by atoms with Crippen molar-refractivity contribution in [3.63, 3.8) is 0 Å². The Labute approximate surface area is 152 Å². The fourth-order valence-corrected chi connectivity index (χ4v) is 4.05. The predicted octanol–water partition coefficient (Wildman–Crippen LogP) is 3.27. The second-order valence-corrected chi connectivity index (χ2v) is 8.09. The van der Waals surface area contributed by atoms with Gasteiger partial charge in [0.15, 0.2) is 0 Å². The number of hydrogen-bond donors (Lipinski definition) is 1. The van der Waals surface area contributed by atoms with Crippen LogP contribution >= 0.6 is 0 Å². The van der Waals surface area contributed by atoms with Gasteiger partial charge in [-0.1, -0.05) is 19.1 Å². The molecule has 0 bridgehead atoms. The van der Waals surface area contributed by atoms with Crippen molar-refractivity contribution in [2.24, 2.45) is 11.8 Å². The average Bonchev–Trinajstić information content (AvgIpc) is 2.62. The standard InChI is InChI=1S/C21H33N3O/c1-17-4-3-11-24(16-17)20-7-5-19(6-8-20)15-22-21(25)14-18-9-12-23(2)13-10-18/h5-8,17-18H,3-4,9-16H2,1-2H3,(H,22,25). The van der Waals surface area contributed by atoms with Crippen LogP contribution in [0.2, 0.25) is 0 Å². The highest BCUT2D eigenvalue weighted by Gasteiger charge is 2.19. The van der Waals surface area contributed by atoms with Crippen LogP contribution in [0.25, 0.3) is 0 Å². The highest BCUT2D eigenvalue weighted by molar-refractivity contribution is 5.76. The molecule has 3 rings (SSSR count). The normalized spacial score (nSPS) is 22.8. The molecule has 0 aliphatic carbocycles. The van der Waals surface area contributed by atoms with Crippen LogP contribution in [-0.4, -0.2) is 44.0 Å². The summed E-state index contributed by atoms with van der Waals surface area (Å²) in [6, 6.07) is 8.72. The fourth-order valence-electron chi connectivity index (χ4n) is 4.05. The number of hydrogen-bond acceptors (Lipinski definition) is 3. The van der Waals surface area contributed by atoms with E-state index in [0.717, 1.165) is 44.9 Å². The molecule has 0 aromatic heterocycles. The van der Waals surface area contributed by atoms with E-state index in [1.807, 2.05) is 0 Å². The zero-order valence-electron chi connectivity index (χ0n) is 15.8. The van der Waals surface area contributed by atoms with E-state index >= 15 is 0 Å². The molecule has 138 valence electrons. The molecule has 4 nitrogen and oxygen atoms in total. The highest BCUT2D eigenvalue weighted by Crippen LogP contribution is 2.23. The quantitative estimate of drug-likeness (QED) is 0.891. The summed E-state index contributed by atoms with van der Waals surface area (Å²) in [5, 5.41) is 3.10. The van der Waals surface area contributed by atoms with Crippen LogP contribution in [0.5, 0.6) is 0 Å². The Balaban J connectivity index is 1.43. The van der Waals surface area contributed by atoms with Gasteiger partial charge < -0.3 is 15.1 Å². The maximum absolute atomic E-state index is 12.2. The Hall–Kier alpha value is -1.55. The van der Waals surface area contributed by atoms with Gasteiger partial charge in [0.1, 0.15) is 0 Å². The summed E-state index contributed by atoms with van der Waals surface area (Å²) in [4.78, 5) is 17.0. The average molecular weight is 344 g/mol. The Morgan fingerprint density at radius 3 is 2.52 bits per heavy atom. The van der Waals surface area contributed by atoms with E-state index < -0.39 is 0 Å². The highest BCUT2D eigenvalue weighted by atomic mass is 16.1. The van der Waals surface area contributed by atoms with E-state index in [1.165, 1.54) is 24.1 Å². The van der Waals surface area contributed by atoms with Crippen LogP contribution < -0.4 is 10.2 Å². The lowest BCUT2D eigenvalue weighted by Gasteiger charge is -2.32. The molecule has 1 aromatic rings. The summed E-state index contributed by atoms with van der Waals surface area (Å²) in [5.74, 6) is 1.54.